The van der Waals surface area contributed by atoms with E-state index in [2.05, 4.69) is 69.8 Å². The molecule has 7 heteroatoms. The predicted molar refractivity (Wildman–Crippen MR) is 133 cm³/mol. The third-order valence-electron chi connectivity index (χ3n) is 6.40. The molecule has 0 unspecified atom stereocenters. The van der Waals surface area contributed by atoms with Crippen molar-refractivity contribution in [3.8, 4) is 11.4 Å². The van der Waals surface area contributed by atoms with E-state index in [0.717, 1.165) is 45.2 Å². The molecule has 7 nitrogen and oxygen atoms in total. The lowest BCUT2D eigenvalue weighted by atomic mass is 10.1. The number of aliphatic imine (C=N–C) groups is 1. The molecule has 0 saturated heterocycles. The minimum Gasteiger partial charge on any atom is -0.302 e. The van der Waals surface area contributed by atoms with E-state index in [0.29, 0.717) is 12.2 Å². The van der Waals surface area contributed by atoms with Crippen LogP contribution in [0, 0.1) is 20.8 Å². The lowest BCUT2D eigenvalue weighted by Gasteiger charge is -2.13. The van der Waals surface area contributed by atoms with Gasteiger partial charge in [0, 0.05) is 30.6 Å². The van der Waals surface area contributed by atoms with E-state index in [1.165, 1.54) is 17.2 Å². The maximum atomic E-state index is 12.1. The number of rotatable bonds is 2. The largest absolute Gasteiger partial charge is 0.302 e. The number of pyridine rings is 1. The Hall–Kier alpha value is -4.39. The molecular weight excluding hydrogens is 424 g/mol. The van der Waals surface area contributed by atoms with Crippen molar-refractivity contribution in [2.75, 3.05) is 0 Å². The second-order valence-electron chi connectivity index (χ2n) is 8.62. The first kappa shape index (κ1) is 20.2. The monoisotopic (exact) mass is 446 g/mol. The second-order valence-corrected chi connectivity index (χ2v) is 8.62. The van der Waals surface area contributed by atoms with Gasteiger partial charge in [0.05, 0.1) is 28.8 Å². The second kappa shape index (κ2) is 7.59. The topological polar surface area (TPSA) is 78.0 Å². The fourth-order valence-corrected chi connectivity index (χ4v) is 4.54. The molecule has 1 aliphatic heterocycles. The SMILES string of the molecule is Cc1cc2c(cc1C)-n1ccc(=O)nc1CC(c1ccc(-n3c(C)nc4cnccc43)cc1)=N2. The highest BCUT2D eigenvalue weighted by Crippen LogP contribution is 2.31. The molecule has 0 aliphatic carbocycles. The molecule has 0 spiro atoms. The normalized spacial score (nSPS) is 12.7. The first-order valence-corrected chi connectivity index (χ1v) is 11.2. The fourth-order valence-electron chi connectivity index (χ4n) is 4.54. The predicted octanol–water partition coefficient (Wildman–Crippen LogP) is 4.57. The van der Waals surface area contributed by atoms with Gasteiger partial charge in [-0.25, -0.2) is 4.98 Å². The summed E-state index contributed by atoms with van der Waals surface area (Å²) in [5.74, 6) is 1.58. The van der Waals surface area contributed by atoms with Gasteiger partial charge in [-0.2, -0.15) is 4.98 Å². The first-order valence-electron chi connectivity index (χ1n) is 11.2. The summed E-state index contributed by atoms with van der Waals surface area (Å²) in [5.41, 5.74) is 8.67. The van der Waals surface area contributed by atoms with Gasteiger partial charge >= 0.3 is 0 Å². The smallest absolute Gasteiger partial charge is 0.272 e. The van der Waals surface area contributed by atoms with E-state index in [4.69, 9.17) is 4.99 Å². The standard InChI is InChI=1S/C27H22N6O/c1-16-12-22-25(13-17(16)2)32-11-9-27(34)31-26(32)14-21(30-22)19-4-6-20(7-5-19)33-18(3)29-23-15-28-10-8-24(23)33/h4-13,15H,14H2,1-3H3. The highest BCUT2D eigenvalue weighted by atomic mass is 16.1. The Morgan fingerprint density at radius 1 is 0.912 bits per heavy atom. The van der Waals surface area contributed by atoms with Crippen molar-refractivity contribution >= 4 is 22.4 Å². The summed E-state index contributed by atoms with van der Waals surface area (Å²) in [5, 5.41) is 0. The number of aromatic nitrogens is 5. The van der Waals surface area contributed by atoms with Gasteiger partial charge in [0.15, 0.2) is 0 Å². The van der Waals surface area contributed by atoms with Gasteiger partial charge in [0.25, 0.3) is 5.56 Å². The van der Waals surface area contributed by atoms with Gasteiger partial charge in [-0.05, 0) is 67.8 Å². The van der Waals surface area contributed by atoms with E-state index in [1.807, 2.05) is 17.6 Å². The molecule has 3 aromatic heterocycles. The average molecular weight is 447 g/mol. The van der Waals surface area contributed by atoms with Crippen LogP contribution in [0.5, 0.6) is 0 Å². The highest BCUT2D eigenvalue weighted by molar-refractivity contribution is 6.04. The van der Waals surface area contributed by atoms with Crippen molar-refractivity contribution in [1.29, 1.82) is 0 Å². The molecule has 0 amide bonds. The Bertz CT molecular complexity index is 1670. The molecule has 0 atom stereocenters. The van der Waals surface area contributed by atoms with Crippen LogP contribution in [0.2, 0.25) is 0 Å². The van der Waals surface area contributed by atoms with Crippen molar-refractivity contribution < 1.29 is 0 Å². The van der Waals surface area contributed by atoms with Crippen LogP contribution in [0.3, 0.4) is 0 Å². The Labute approximate surface area is 196 Å². The quantitative estimate of drug-likeness (QED) is 0.398. The maximum absolute atomic E-state index is 12.1. The molecule has 166 valence electrons. The molecule has 0 radical (unpaired) electrons. The minimum absolute atomic E-state index is 0.245. The Morgan fingerprint density at radius 2 is 1.71 bits per heavy atom. The zero-order valence-electron chi connectivity index (χ0n) is 19.1. The van der Waals surface area contributed by atoms with Crippen LogP contribution in [-0.4, -0.2) is 29.8 Å². The molecule has 0 bridgehead atoms. The van der Waals surface area contributed by atoms with Crippen molar-refractivity contribution in [2.24, 2.45) is 4.99 Å². The van der Waals surface area contributed by atoms with Gasteiger partial charge in [0.1, 0.15) is 17.2 Å². The molecule has 5 aromatic rings. The summed E-state index contributed by atoms with van der Waals surface area (Å²) < 4.78 is 4.09. The highest BCUT2D eigenvalue weighted by Gasteiger charge is 2.19. The van der Waals surface area contributed by atoms with E-state index < -0.39 is 0 Å². The molecule has 6 rings (SSSR count). The number of imidazole rings is 1. The number of benzene rings is 2. The lowest BCUT2D eigenvalue weighted by molar-refractivity contribution is 0.872. The van der Waals surface area contributed by atoms with Crippen LogP contribution >= 0.6 is 0 Å². The zero-order chi connectivity index (χ0) is 23.4. The van der Waals surface area contributed by atoms with Gasteiger partial charge in [-0.1, -0.05) is 12.1 Å². The minimum atomic E-state index is -0.245. The Morgan fingerprint density at radius 3 is 2.53 bits per heavy atom. The summed E-state index contributed by atoms with van der Waals surface area (Å²) >= 11 is 0. The number of aryl methyl sites for hydroxylation is 3. The summed E-state index contributed by atoms with van der Waals surface area (Å²) in [6, 6.07) is 16.0. The third-order valence-corrected chi connectivity index (χ3v) is 6.40. The summed E-state index contributed by atoms with van der Waals surface area (Å²) in [7, 11) is 0. The van der Waals surface area contributed by atoms with E-state index >= 15 is 0 Å². The molecule has 4 heterocycles. The third kappa shape index (κ3) is 3.25. The van der Waals surface area contributed by atoms with E-state index in [9.17, 15) is 4.79 Å². The molecule has 0 N–H and O–H groups in total. The van der Waals surface area contributed by atoms with Crippen molar-refractivity contribution in [1.82, 2.24) is 24.1 Å². The van der Waals surface area contributed by atoms with Crippen LogP contribution < -0.4 is 5.56 Å². The van der Waals surface area contributed by atoms with Gasteiger partial charge in [-0.15, -0.1) is 0 Å². The zero-order valence-corrected chi connectivity index (χ0v) is 19.1. The fraction of sp³-hybridized carbons (Fsp3) is 0.148. The number of hydrogen-bond donors (Lipinski definition) is 0. The van der Waals surface area contributed by atoms with Gasteiger partial charge < -0.3 is 4.57 Å². The Kier molecular flexibility index (Phi) is 4.52. The average Bonchev–Trinajstić information content (AvgIpc) is 3.08. The first-order chi connectivity index (χ1) is 16.5. The number of fused-ring (bicyclic) bond motifs is 4. The molecule has 2 aromatic carbocycles. The van der Waals surface area contributed by atoms with Crippen LogP contribution in [0.4, 0.5) is 5.69 Å². The summed E-state index contributed by atoms with van der Waals surface area (Å²) in [4.78, 5) is 30.2. The number of nitrogens with zero attached hydrogens (tertiary/aromatic N) is 6. The van der Waals surface area contributed by atoms with Crippen LogP contribution in [-0.2, 0) is 6.42 Å². The number of hydrogen-bond acceptors (Lipinski definition) is 5. The van der Waals surface area contributed by atoms with Crippen molar-refractivity contribution in [3.05, 3.63) is 106 Å². The molecule has 1 aliphatic rings. The molecule has 0 saturated carbocycles. The summed E-state index contributed by atoms with van der Waals surface area (Å²) in [6.45, 7) is 6.16. The van der Waals surface area contributed by atoms with Crippen LogP contribution in [0.1, 0.15) is 28.3 Å². The molecule has 0 fully saturated rings. The van der Waals surface area contributed by atoms with E-state index in [1.54, 1.807) is 18.6 Å². The lowest BCUT2D eigenvalue weighted by Crippen LogP contribution is -2.17. The van der Waals surface area contributed by atoms with Crippen molar-refractivity contribution in [3.63, 3.8) is 0 Å². The molecule has 34 heavy (non-hydrogen) atoms. The van der Waals surface area contributed by atoms with Gasteiger partial charge in [-0.3, -0.25) is 19.3 Å². The van der Waals surface area contributed by atoms with Crippen molar-refractivity contribution in [2.45, 2.75) is 27.2 Å². The summed E-state index contributed by atoms with van der Waals surface area (Å²) in [6.07, 6.45) is 5.81. The maximum Gasteiger partial charge on any atom is 0.272 e. The van der Waals surface area contributed by atoms with Crippen LogP contribution in [0.15, 0.2) is 76.9 Å². The van der Waals surface area contributed by atoms with Gasteiger partial charge in [0.2, 0.25) is 0 Å². The van der Waals surface area contributed by atoms with Crippen LogP contribution in [0.25, 0.3) is 22.4 Å². The Balaban J connectivity index is 1.48. The molecular formula is C27H22N6O. The van der Waals surface area contributed by atoms with E-state index in [-0.39, 0.29) is 5.56 Å².